The SMILES string of the molecule is CC.CCN(C)CCn1c(C#N)cc2c(C)c(CN3CCC(Nc4ncnc5sc(CC(F)(F)F)cc45)CC3)ccc21. The molecule has 0 amide bonds. The van der Waals surface area contributed by atoms with E-state index < -0.39 is 12.6 Å². The molecule has 0 bridgehead atoms. The van der Waals surface area contributed by atoms with Crippen molar-refractivity contribution in [2.75, 3.05) is 38.5 Å². The maximum absolute atomic E-state index is 12.9. The molecule has 1 N–H and O–H groups in total. The lowest BCUT2D eigenvalue weighted by Gasteiger charge is -2.33. The molecule has 1 aliphatic rings. The van der Waals surface area contributed by atoms with Gasteiger partial charge in [0.2, 0.25) is 0 Å². The van der Waals surface area contributed by atoms with Crippen LogP contribution >= 0.6 is 11.3 Å². The van der Waals surface area contributed by atoms with Gasteiger partial charge in [-0.25, -0.2) is 9.97 Å². The van der Waals surface area contributed by atoms with Crippen LogP contribution in [0.5, 0.6) is 0 Å². The maximum atomic E-state index is 12.9. The van der Waals surface area contributed by atoms with Gasteiger partial charge in [-0.3, -0.25) is 4.90 Å². The lowest BCUT2D eigenvalue weighted by Crippen LogP contribution is -2.39. The molecule has 7 nitrogen and oxygen atoms in total. The summed E-state index contributed by atoms with van der Waals surface area (Å²) in [6, 6.07) is 10.5. The molecule has 1 fully saturated rings. The second kappa shape index (κ2) is 13.8. The van der Waals surface area contributed by atoms with Crippen molar-refractivity contribution in [2.45, 2.75) is 72.3 Å². The molecular weight excluding hydrogens is 559 g/mol. The average Bonchev–Trinajstić information content (AvgIpc) is 3.55. The van der Waals surface area contributed by atoms with Crippen LogP contribution in [-0.4, -0.2) is 69.8 Å². The molecule has 3 aromatic heterocycles. The lowest BCUT2D eigenvalue weighted by atomic mass is 10.0. The van der Waals surface area contributed by atoms with E-state index in [2.05, 4.69) is 68.7 Å². The van der Waals surface area contributed by atoms with Crippen LogP contribution < -0.4 is 5.32 Å². The summed E-state index contributed by atoms with van der Waals surface area (Å²) >= 11 is 1.07. The predicted octanol–water partition coefficient (Wildman–Crippen LogP) is 6.99. The van der Waals surface area contributed by atoms with Crippen LogP contribution in [0.15, 0.2) is 30.6 Å². The highest BCUT2D eigenvalue weighted by molar-refractivity contribution is 7.18. The third-order valence-corrected chi connectivity index (χ3v) is 8.95. The van der Waals surface area contributed by atoms with Crippen LogP contribution in [0.2, 0.25) is 0 Å². The molecular formula is C31H40F3N7S. The third kappa shape index (κ3) is 7.41. The van der Waals surface area contributed by atoms with E-state index in [-0.39, 0.29) is 10.9 Å². The molecule has 0 unspecified atom stereocenters. The van der Waals surface area contributed by atoms with Gasteiger partial charge in [-0.05, 0) is 62.7 Å². The van der Waals surface area contributed by atoms with Crippen molar-refractivity contribution in [3.63, 3.8) is 0 Å². The second-order valence-corrected chi connectivity index (χ2v) is 11.7. The summed E-state index contributed by atoms with van der Waals surface area (Å²) < 4.78 is 40.8. The van der Waals surface area contributed by atoms with Gasteiger partial charge in [0, 0.05) is 54.5 Å². The smallest absolute Gasteiger partial charge is 0.367 e. The van der Waals surface area contributed by atoms with Crippen LogP contribution in [0.1, 0.15) is 55.3 Å². The molecule has 42 heavy (non-hydrogen) atoms. The number of halogens is 3. The van der Waals surface area contributed by atoms with E-state index in [0.29, 0.717) is 21.7 Å². The molecule has 1 saturated heterocycles. The number of anilines is 1. The fourth-order valence-electron chi connectivity index (χ4n) is 5.43. The number of nitriles is 1. The third-order valence-electron chi connectivity index (χ3n) is 7.90. The number of likely N-dealkylation sites (N-methyl/N-ethyl adjacent to an activating group) is 1. The average molecular weight is 600 g/mol. The van der Waals surface area contributed by atoms with E-state index in [0.717, 1.165) is 74.3 Å². The van der Waals surface area contributed by atoms with Gasteiger partial charge in [-0.1, -0.05) is 26.8 Å². The monoisotopic (exact) mass is 599 g/mol. The van der Waals surface area contributed by atoms with Crippen LogP contribution in [0.25, 0.3) is 21.1 Å². The minimum Gasteiger partial charge on any atom is -0.367 e. The van der Waals surface area contributed by atoms with Crippen LogP contribution in [0, 0.1) is 18.3 Å². The number of nitrogens with zero attached hydrogens (tertiary/aromatic N) is 6. The molecule has 1 aromatic carbocycles. The molecule has 11 heteroatoms. The number of thiophene rings is 1. The van der Waals surface area contributed by atoms with Crippen molar-refractivity contribution in [3.05, 3.63) is 52.3 Å². The maximum Gasteiger partial charge on any atom is 0.393 e. The van der Waals surface area contributed by atoms with Crippen LogP contribution in [0.3, 0.4) is 0 Å². The Balaban J connectivity index is 0.00000198. The number of nitrogens with one attached hydrogen (secondary N) is 1. The number of hydrogen-bond acceptors (Lipinski definition) is 7. The van der Waals surface area contributed by atoms with Gasteiger partial charge in [0.25, 0.3) is 0 Å². The summed E-state index contributed by atoms with van der Waals surface area (Å²) in [6.45, 7) is 13.6. The van der Waals surface area contributed by atoms with E-state index in [4.69, 9.17) is 0 Å². The topological polar surface area (TPSA) is 73.0 Å². The minimum absolute atomic E-state index is 0.192. The molecule has 4 aromatic rings. The Morgan fingerprint density at radius 1 is 1.14 bits per heavy atom. The molecule has 0 radical (unpaired) electrons. The Hall–Kier alpha value is -3.20. The molecule has 0 atom stereocenters. The van der Waals surface area contributed by atoms with Gasteiger partial charge in [0.05, 0.1) is 11.8 Å². The van der Waals surface area contributed by atoms with Gasteiger partial charge in [0.15, 0.2) is 0 Å². The predicted molar refractivity (Wildman–Crippen MR) is 165 cm³/mol. The first-order valence-corrected chi connectivity index (χ1v) is 15.5. The first-order valence-electron chi connectivity index (χ1n) is 14.6. The number of fused-ring (bicyclic) bond motifs is 2. The quantitative estimate of drug-likeness (QED) is 0.224. The zero-order chi connectivity index (χ0) is 30.4. The Bertz CT molecular complexity index is 1530. The van der Waals surface area contributed by atoms with E-state index in [1.54, 1.807) is 6.07 Å². The fourth-order valence-corrected chi connectivity index (χ4v) is 6.46. The molecule has 0 aliphatic carbocycles. The van der Waals surface area contributed by atoms with Gasteiger partial charge in [-0.2, -0.15) is 18.4 Å². The largest absolute Gasteiger partial charge is 0.393 e. The van der Waals surface area contributed by atoms with E-state index in [9.17, 15) is 18.4 Å². The number of aromatic nitrogens is 3. The summed E-state index contributed by atoms with van der Waals surface area (Å²) in [5, 5.41) is 15.0. The van der Waals surface area contributed by atoms with E-state index in [1.807, 2.05) is 19.9 Å². The van der Waals surface area contributed by atoms with Crippen molar-refractivity contribution in [1.29, 1.82) is 5.26 Å². The zero-order valence-corrected chi connectivity index (χ0v) is 25.9. The Morgan fingerprint density at radius 3 is 2.55 bits per heavy atom. The highest BCUT2D eigenvalue weighted by Gasteiger charge is 2.29. The van der Waals surface area contributed by atoms with Crippen molar-refractivity contribution in [1.82, 2.24) is 24.3 Å². The first-order chi connectivity index (χ1) is 20.1. The zero-order valence-electron chi connectivity index (χ0n) is 25.1. The number of rotatable bonds is 9. The minimum atomic E-state index is -4.24. The van der Waals surface area contributed by atoms with Gasteiger partial charge in [0.1, 0.15) is 28.7 Å². The summed E-state index contributed by atoms with van der Waals surface area (Å²) in [5.41, 5.74) is 4.28. The normalized spacial score (nSPS) is 14.8. The Labute approximate surface area is 250 Å². The summed E-state index contributed by atoms with van der Waals surface area (Å²) in [6.07, 6.45) is -1.96. The van der Waals surface area contributed by atoms with Crippen molar-refractivity contribution < 1.29 is 13.2 Å². The number of benzene rings is 1. The standard InChI is InChI=1S/C29H34F3N7S.C2H6/c1-4-37(3)11-12-39-22(16-33)13-24-19(2)20(5-6-26(24)39)17-38-9-7-21(8-10-38)36-27-25-14-23(15-29(30,31)32)40-28(25)35-18-34-27;1-2/h5-6,13-14,18,21H,4,7-12,15,17H2,1-3H3,(H,34,35,36);1-2H3. The highest BCUT2D eigenvalue weighted by atomic mass is 32.1. The van der Waals surface area contributed by atoms with Crippen LogP contribution in [-0.2, 0) is 19.5 Å². The summed E-state index contributed by atoms with van der Waals surface area (Å²) in [7, 11) is 2.09. The molecule has 1 aliphatic heterocycles. The molecule has 0 saturated carbocycles. The molecule has 5 rings (SSSR count). The summed E-state index contributed by atoms with van der Waals surface area (Å²) in [4.78, 5) is 14.0. The van der Waals surface area contributed by atoms with Crippen molar-refractivity contribution in [3.8, 4) is 6.07 Å². The van der Waals surface area contributed by atoms with Gasteiger partial charge < -0.3 is 14.8 Å². The second-order valence-electron chi connectivity index (χ2n) is 10.6. The number of piperidine rings is 1. The summed E-state index contributed by atoms with van der Waals surface area (Å²) in [5.74, 6) is 0.609. The van der Waals surface area contributed by atoms with E-state index in [1.165, 1.54) is 17.5 Å². The molecule has 0 spiro atoms. The fraction of sp³-hybridized carbons (Fsp3) is 0.516. The molecule has 226 valence electrons. The number of aryl methyl sites for hydroxylation is 1. The number of alkyl halides is 3. The first kappa shape index (κ1) is 31.7. The number of likely N-dealkylation sites (tertiary alicyclic amines) is 1. The number of hydrogen-bond donors (Lipinski definition) is 1. The molecule has 4 heterocycles. The highest BCUT2D eigenvalue weighted by Crippen LogP contribution is 2.33. The Kier molecular flexibility index (Phi) is 10.5. The lowest BCUT2D eigenvalue weighted by molar-refractivity contribution is -0.126. The van der Waals surface area contributed by atoms with Gasteiger partial charge in [-0.15, -0.1) is 11.3 Å². The van der Waals surface area contributed by atoms with Crippen molar-refractivity contribution in [2.24, 2.45) is 0 Å². The van der Waals surface area contributed by atoms with E-state index >= 15 is 0 Å². The van der Waals surface area contributed by atoms with Gasteiger partial charge >= 0.3 is 6.18 Å². The van der Waals surface area contributed by atoms with Crippen molar-refractivity contribution >= 4 is 38.3 Å². The van der Waals surface area contributed by atoms with Crippen LogP contribution in [0.4, 0.5) is 19.0 Å². The Morgan fingerprint density at radius 2 is 1.88 bits per heavy atom.